The van der Waals surface area contributed by atoms with Crippen molar-refractivity contribution in [3.05, 3.63) is 78.4 Å². The van der Waals surface area contributed by atoms with E-state index in [2.05, 4.69) is 42.2 Å². The third-order valence-corrected chi connectivity index (χ3v) is 9.12. The molecule has 0 aromatic heterocycles. The van der Waals surface area contributed by atoms with Gasteiger partial charge in [0.1, 0.15) is 22.5 Å². The number of benzene rings is 3. The zero-order chi connectivity index (χ0) is 22.4. The van der Waals surface area contributed by atoms with Crippen molar-refractivity contribution < 1.29 is 13.7 Å². The van der Waals surface area contributed by atoms with E-state index in [1.807, 2.05) is 55.5 Å². The Kier molecular flexibility index (Phi) is 8.25. The first-order valence-corrected chi connectivity index (χ1v) is 12.7. The van der Waals surface area contributed by atoms with Gasteiger partial charge in [-0.3, -0.25) is 0 Å². The van der Waals surface area contributed by atoms with Gasteiger partial charge in [0.2, 0.25) is 0 Å². The summed E-state index contributed by atoms with van der Waals surface area (Å²) in [4.78, 5) is 0.820. The molecule has 0 heterocycles. The minimum atomic E-state index is -1.30. The monoisotopic (exact) mass is 455 g/mol. The summed E-state index contributed by atoms with van der Waals surface area (Å²) in [7, 11) is 1.01. The molecular formula is C25H30NO3PS. The maximum absolute atomic E-state index is 13.8. The normalized spacial score (nSPS) is 12.4. The van der Waals surface area contributed by atoms with Crippen LogP contribution in [0.5, 0.6) is 11.5 Å². The van der Waals surface area contributed by atoms with Crippen LogP contribution in [0.1, 0.15) is 19.4 Å². The van der Waals surface area contributed by atoms with Crippen molar-refractivity contribution >= 4 is 29.7 Å². The minimum Gasteiger partial charge on any atom is -0.497 e. The van der Waals surface area contributed by atoms with E-state index in [1.165, 1.54) is 0 Å². The first-order chi connectivity index (χ1) is 14.9. The van der Waals surface area contributed by atoms with Crippen molar-refractivity contribution in [2.24, 2.45) is 5.92 Å². The molecule has 31 heavy (non-hydrogen) atoms. The second-order valence-corrected chi connectivity index (χ2v) is 11.5. The fourth-order valence-electron chi connectivity index (χ4n) is 3.17. The highest BCUT2D eigenvalue weighted by Gasteiger charge is 2.29. The van der Waals surface area contributed by atoms with Crippen LogP contribution < -0.4 is 20.1 Å². The number of rotatable bonds is 9. The molecule has 0 N–H and O–H groups in total. The van der Waals surface area contributed by atoms with E-state index in [9.17, 15) is 4.21 Å². The molecule has 0 radical (unpaired) electrons. The van der Waals surface area contributed by atoms with Gasteiger partial charge in [0.15, 0.2) is 0 Å². The topological polar surface area (TPSA) is 38.8 Å². The summed E-state index contributed by atoms with van der Waals surface area (Å²) in [5.74, 6) is 1.97. The molecule has 0 fully saturated rings. The fraction of sp³-hybridized carbons (Fsp3) is 0.280. The first kappa shape index (κ1) is 23.5. The van der Waals surface area contributed by atoms with E-state index in [4.69, 9.17) is 9.47 Å². The Morgan fingerprint density at radius 3 is 1.65 bits per heavy atom. The summed E-state index contributed by atoms with van der Waals surface area (Å²) in [5.41, 5.74) is 1.16. The van der Waals surface area contributed by atoms with E-state index in [0.29, 0.717) is 12.5 Å². The Bertz CT molecular complexity index is 941. The Balaban J connectivity index is 2.10. The van der Waals surface area contributed by atoms with Gasteiger partial charge in [0.25, 0.3) is 0 Å². The molecule has 3 aromatic rings. The number of hydrogen-bond donors (Lipinski definition) is 0. The number of nitrogens with zero attached hydrogens (tertiary/aromatic N) is 1. The summed E-state index contributed by atoms with van der Waals surface area (Å²) >= 11 is 0. The number of ether oxygens (including phenoxy) is 2. The van der Waals surface area contributed by atoms with Crippen LogP contribution in [0.2, 0.25) is 0 Å². The summed E-state index contributed by atoms with van der Waals surface area (Å²) in [6.07, 6.45) is 0. The Hall–Kier alpha value is -2.20. The molecule has 0 bridgehead atoms. The van der Waals surface area contributed by atoms with Gasteiger partial charge in [0.05, 0.1) is 19.1 Å². The minimum absolute atomic E-state index is 0.357. The molecule has 1 atom stereocenters. The van der Waals surface area contributed by atoms with Crippen molar-refractivity contribution in [1.82, 2.24) is 4.08 Å². The molecule has 6 heteroatoms. The van der Waals surface area contributed by atoms with Gasteiger partial charge in [-0.05, 0) is 84.1 Å². The fourth-order valence-corrected chi connectivity index (χ4v) is 7.82. The Morgan fingerprint density at radius 1 is 0.806 bits per heavy atom. The SMILES string of the molecule is COc1ccc(P(c2ccc(OC)cc2)N(CC(C)C)S(=O)c2ccc(C)cc2)cc1. The van der Waals surface area contributed by atoms with Gasteiger partial charge in [-0.2, -0.15) is 4.08 Å². The van der Waals surface area contributed by atoms with Crippen LogP contribution in [0.4, 0.5) is 0 Å². The van der Waals surface area contributed by atoms with Crippen LogP contribution in [0.3, 0.4) is 0 Å². The molecule has 3 rings (SSSR count). The lowest BCUT2D eigenvalue weighted by Gasteiger charge is -2.32. The molecule has 1 unspecified atom stereocenters. The van der Waals surface area contributed by atoms with Crippen LogP contribution in [-0.4, -0.2) is 29.0 Å². The van der Waals surface area contributed by atoms with Crippen molar-refractivity contribution in [2.75, 3.05) is 20.8 Å². The molecule has 4 nitrogen and oxygen atoms in total. The van der Waals surface area contributed by atoms with Gasteiger partial charge in [-0.1, -0.05) is 31.5 Å². The summed E-state index contributed by atoms with van der Waals surface area (Å²) in [5, 5.41) is 2.25. The number of aryl methyl sites for hydroxylation is 1. The highest BCUT2D eigenvalue weighted by atomic mass is 32.2. The second-order valence-electron chi connectivity index (χ2n) is 7.70. The molecule has 0 saturated carbocycles. The van der Waals surface area contributed by atoms with E-state index >= 15 is 0 Å². The van der Waals surface area contributed by atoms with E-state index in [0.717, 1.165) is 32.6 Å². The molecular weight excluding hydrogens is 425 g/mol. The predicted octanol–water partition coefficient (Wildman–Crippen LogP) is 5.04. The van der Waals surface area contributed by atoms with Crippen LogP contribution in [-0.2, 0) is 11.0 Å². The standard InChI is InChI=1S/C25H30NO3PS/c1-19(2)18-26(31(27)25-16-6-20(3)7-17-25)30(23-12-8-21(28-4)9-13-23)24-14-10-22(29-5)11-15-24/h6-17,19H,18H2,1-5H3. The zero-order valence-corrected chi connectivity index (χ0v) is 20.5. The van der Waals surface area contributed by atoms with Crippen molar-refractivity contribution in [1.29, 1.82) is 0 Å². The summed E-state index contributed by atoms with van der Waals surface area (Å²) in [6, 6.07) is 24.2. The van der Waals surface area contributed by atoms with Crippen molar-refractivity contribution in [3.8, 4) is 11.5 Å². The predicted molar refractivity (Wildman–Crippen MR) is 131 cm³/mol. The number of methoxy groups -OCH3 is 2. The number of hydrogen-bond acceptors (Lipinski definition) is 3. The van der Waals surface area contributed by atoms with Gasteiger partial charge in [-0.15, -0.1) is 0 Å². The highest BCUT2D eigenvalue weighted by molar-refractivity contribution is 7.92. The van der Waals surface area contributed by atoms with Gasteiger partial charge in [-0.25, -0.2) is 4.21 Å². The second kappa shape index (κ2) is 10.9. The Morgan fingerprint density at radius 2 is 1.26 bits per heavy atom. The van der Waals surface area contributed by atoms with Gasteiger partial charge >= 0.3 is 0 Å². The molecule has 3 aromatic carbocycles. The Labute approximate surface area is 189 Å². The maximum atomic E-state index is 13.8. The van der Waals surface area contributed by atoms with E-state index in [-0.39, 0.29) is 0 Å². The van der Waals surface area contributed by atoms with Crippen molar-refractivity contribution in [2.45, 2.75) is 25.7 Å². The average Bonchev–Trinajstić information content (AvgIpc) is 2.79. The molecule has 0 aliphatic rings. The third-order valence-electron chi connectivity index (χ3n) is 4.79. The van der Waals surface area contributed by atoms with Crippen LogP contribution in [0, 0.1) is 12.8 Å². The quantitative estimate of drug-likeness (QED) is 0.424. The zero-order valence-electron chi connectivity index (χ0n) is 18.7. The van der Waals surface area contributed by atoms with Gasteiger partial charge in [0, 0.05) is 14.6 Å². The molecule has 0 amide bonds. The van der Waals surface area contributed by atoms with Crippen LogP contribution in [0.25, 0.3) is 0 Å². The first-order valence-electron chi connectivity index (χ1n) is 10.3. The summed E-state index contributed by atoms with van der Waals surface area (Å²) in [6.45, 7) is 7.08. The van der Waals surface area contributed by atoms with E-state index < -0.39 is 19.1 Å². The van der Waals surface area contributed by atoms with Crippen LogP contribution in [0.15, 0.2) is 77.7 Å². The largest absolute Gasteiger partial charge is 0.497 e. The lowest BCUT2D eigenvalue weighted by molar-refractivity contribution is 0.415. The lowest BCUT2D eigenvalue weighted by Crippen LogP contribution is -2.33. The molecule has 164 valence electrons. The van der Waals surface area contributed by atoms with Gasteiger partial charge < -0.3 is 9.47 Å². The smallest absolute Gasteiger partial charge is 0.131 e. The third kappa shape index (κ3) is 5.94. The van der Waals surface area contributed by atoms with Crippen molar-refractivity contribution in [3.63, 3.8) is 0 Å². The average molecular weight is 456 g/mol. The molecule has 0 saturated heterocycles. The van der Waals surface area contributed by atoms with E-state index in [1.54, 1.807) is 14.2 Å². The summed E-state index contributed by atoms with van der Waals surface area (Å²) < 4.78 is 26.7. The molecule has 0 aliphatic heterocycles. The maximum Gasteiger partial charge on any atom is 0.131 e. The molecule has 0 spiro atoms. The highest BCUT2D eigenvalue weighted by Crippen LogP contribution is 2.42. The molecule has 0 aliphatic carbocycles. The van der Waals surface area contributed by atoms with Crippen LogP contribution >= 0.6 is 8.07 Å². The lowest BCUT2D eigenvalue weighted by atomic mass is 10.2.